The number of esters is 1. The monoisotopic (exact) mass is 529 g/mol. The number of nitrogens with zero attached hydrogens (tertiary/aromatic N) is 1. The maximum absolute atomic E-state index is 13.1. The number of methoxy groups -OCH3 is 3. The van der Waals surface area contributed by atoms with Gasteiger partial charge in [0.05, 0.1) is 49.8 Å². The fourth-order valence-electron chi connectivity index (χ4n) is 3.70. The van der Waals surface area contributed by atoms with Crippen LogP contribution in [0, 0.1) is 0 Å². The molecule has 6 nitrogen and oxygen atoms in total. The van der Waals surface area contributed by atoms with E-state index in [1.165, 1.54) is 35.1 Å². The zero-order valence-corrected chi connectivity index (χ0v) is 19.7. The van der Waals surface area contributed by atoms with Gasteiger partial charge < -0.3 is 14.2 Å². The first-order valence-corrected chi connectivity index (χ1v) is 11.3. The number of halogens is 1. The normalized spacial score (nSPS) is 14.3. The van der Waals surface area contributed by atoms with E-state index in [0.29, 0.717) is 33.5 Å². The summed E-state index contributed by atoms with van der Waals surface area (Å²) in [6, 6.07) is 5.02. The molecule has 1 aliphatic rings. The average Bonchev–Trinajstić information content (AvgIpc) is 3.22. The van der Waals surface area contributed by atoms with Gasteiger partial charge in [-0.15, -0.1) is 11.3 Å². The minimum absolute atomic E-state index is 0.242. The van der Waals surface area contributed by atoms with Crippen LogP contribution in [0.15, 0.2) is 23.6 Å². The third-order valence-corrected chi connectivity index (χ3v) is 7.45. The molecule has 0 N–H and O–H groups in total. The van der Waals surface area contributed by atoms with Crippen LogP contribution < -0.4 is 12.6 Å². The molecule has 156 valence electrons. The predicted octanol–water partition coefficient (Wildman–Crippen LogP) is 5.60. The standard InChI is InChI=1S/C21H24INO5S/c1-26-16-10-9-14(11-17(16)27-2)19(24)23(22)20-18(21(25)28-3)15(12-29-20)13-7-5-4-6-8-13/h9-13H,4-8H2,1-3H3. The fraction of sp³-hybridized carbons (Fsp3) is 0.429. The Kier molecular flexibility index (Phi) is 7.39. The summed E-state index contributed by atoms with van der Waals surface area (Å²) in [5.41, 5.74) is 1.95. The number of hydrogen-bond acceptors (Lipinski definition) is 6. The lowest BCUT2D eigenvalue weighted by atomic mass is 9.83. The number of carbonyl (C=O) groups is 2. The highest BCUT2D eigenvalue weighted by Crippen LogP contribution is 2.43. The number of amides is 1. The summed E-state index contributed by atoms with van der Waals surface area (Å²) < 4.78 is 17.1. The molecule has 1 saturated carbocycles. The molecule has 1 fully saturated rings. The summed E-state index contributed by atoms with van der Waals surface area (Å²) in [6.07, 6.45) is 5.68. The minimum atomic E-state index is -0.399. The summed E-state index contributed by atoms with van der Waals surface area (Å²) in [7, 11) is 4.45. The molecular formula is C21H24INO5S. The average molecular weight is 529 g/mol. The molecule has 8 heteroatoms. The number of rotatable bonds is 6. The van der Waals surface area contributed by atoms with E-state index >= 15 is 0 Å². The van der Waals surface area contributed by atoms with Crippen LogP contribution >= 0.6 is 34.2 Å². The summed E-state index contributed by atoms with van der Waals surface area (Å²) in [6.45, 7) is 0. The zero-order valence-electron chi connectivity index (χ0n) is 16.7. The topological polar surface area (TPSA) is 65.1 Å². The first kappa shape index (κ1) is 21.9. The van der Waals surface area contributed by atoms with Crippen molar-refractivity contribution < 1.29 is 23.8 Å². The molecule has 0 bridgehead atoms. The predicted molar refractivity (Wildman–Crippen MR) is 122 cm³/mol. The Bertz CT molecular complexity index is 891. The molecule has 29 heavy (non-hydrogen) atoms. The first-order valence-electron chi connectivity index (χ1n) is 9.43. The second-order valence-corrected chi connectivity index (χ2v) is 8.68. The Balaban J connectivity index is 1.96. The van der Waals surface area contributed by atoms with Crippen molar-refractivity contribution in [2.75, 3.05) is 24.4 Å². The van der Waals surface area contributed by atoms with Crippen LogP contribution in [0.3, 0.4) is 0 Å². The number of thiophene rings is 1. The quantitative estimate of drug-likeness (QED) is 0.277. The Labute approximate surface area is 188 Å². The highest BCUT2D eigenvalue weighted by atomic mass is 127. The molecule has 0 saturated heterocycles. The largest absolute Gasteiger partial charge is 0.493 e. The fourth-order valence-corrected chi connectivity index (χ4v) is 5.61. The van der Waals surface area contributed by atoms with Gasteiger partial charge in [-0.1, -0.05) is 19.3 Å². The van der Waals surface area contributed by atoms with Crippen molar-refractivity contribution in [2.45, 2.75) is 38.0 Å². The van der Waals surface area contributed by atoms with E-state index in [-0.39, 0.29) is 5.91 Å². The summed E-state index contributed by atoms with van der Waals surface area (Å²) in [5.74, 6) is 0.724. The van der Waals surface area contributed by atoms with Crippen molar-refractivity contribution in [1.82, 2.24) is 0 Å². The molecule has 1 heterocycles. The molecule has 0 unspecified atom stereocenters. The van der Waals surface area contributed by atoms with E-state index in [9.17, 15) is 9.59 Å². The van der Waals surface area contributed by atoms with E-state index in [4.69, 9.17) is 14.2 Å². The summed E-state index contributed by atoms with van der Waals surface area (Å²) >= 11 is 3.36. The summed E-state index contributed by atoms with van der Waals surface area (Å²) in [4.78, 5) is 25.8. The van der Waals surface area contributed by atoms with Gasteiger partial charge in [-0.2, -0.15) is 0 Å². The van der Waals surface area contributed by atoms with Crippen molar-refractivity contribution >= 4 is 51.1 Å². The number of carbonyl (C=O) groups excluding carboxylic acids is 2. The van der Waals surface area contributed by atoms with Gasteiger partial charge in [-0.05, 0) is 47.9 Å². The van der Waals surface area contributed by atoms with Gasteiger partial charge in [0.25, 0.3) is 5.91 Å². The maximum atomic E-state index is 13.1. The van der Waals surface area contributed by atoms with Crippen LogP contribution in [0.5, 0.6) is 11.5 Å². The third kappa shape index (κ3) is 4.53. The van der Waals surface area contributed by atoms with E-state index < -0.39 is 5.97 Å². The number of hydrogen-bond donors (Lipinski definition) is 0. The Morgan fingerprint density at radius 1 is 1.07 bits per heavy atom. The zero-order chi connectivity index (χ0) is 21.0. The van der Waals surface area contributed by atoms with Crippen molar-refractivity contribution in [1.29, 1.82) is 0 Å². The van der Waals surface area contributed by atoms with Crippen LogP contribution in [0.25, 0.3) is 0 Å². The van der Waals surface area contributed by atoms with E-state index in [1.807, 2.05) is 28.2 Å². The smallest absolute Gasteiger partial charge is 0.341 e. The van der Waals surface area contributed by atoms with Gasteiger partial charge in [-0.3, -0.25) is 4.79 Å². The highest BCUT2D eigenvalue weighted by molar-refractivity contribution is 14.1. The molecule has 1 aliphatic carbocycles. The number of anilines is 1. The summed E-state index contributed by atoms with van der Waals surface area (Å²) in [5, 5.41) is 2.60. The van der Waals surface area contributed by atoms with Crippen molar-refractivity contribution in [3.8, 4) is 11.5 Å². The minimum Gasteiger partial charge on any atom is -0.493 e. The first-order chi connectivity index (χ1) is 14.0. The number of ether oxygens (including phenoxy) is 3. The Morgan fingerprint density at radius 3 is 2.38 bits per heavy atom. The van der Waals surface area contributed by atoms with E-state index in [2.05, 4.69) is 0 Å². The highest BCUT2D eigenvalue weighted by Gasteiger charge is 2.30. The van der Waals surface area contributed by atoms with Gasteiger partial charge in [0.15, 0.2) is 11.5 Å². The van der Waals surface area contributed by atoms with Gasteiger partial charge in [0, 0.05) is 5.56 Å². The lowest BCUT2D eigenvalue weighted by molar-refractivity contribution is 0.0600. The lowest BCUT2D eigenvalue weighted by Crippen LogP contribution is -2.22. The molecule has 0 radical (unpaired) electrons. The van der Waals surface area contributed by atoms with Crippen LogP contribution in [0.2, 0.25) is 0 Å². The Hall–Kier alpha value is -1.81. The molecule has 2 aromatic rings. The van der Waals surface area contributed by atoms with Crippen LogP contribution in [0.1, 0.15) is 64.3 Å². The molecule has 0 aliphatic heterocycles. The van der Waals surface area contributed by atoms with Crippen LogP contribution in [-0.2, 0) is 4.74 Å². The van der Waals surface area contributed by atoms with Crippen molar-refractivity contribution in [3.63, 3.8) is 0 Å². The van der Waals surface area contributed by atoms with Gasteiger partial charge in [0.1, 0.15) is 5.00 Å². The Morgan fingerprint density at radius 2 is 1.76 bits per heavy atom. The van der Waals surface area contributed by atoms with E-state index in [1.54, 1.807) is 25.3 Å². The molecule has 1 amide bonds. The molecule has 0 atom stereocenters. The van der Waals surface area contributed by atoms with Crippen LogP contribution in [0.4, 0.5) is 5.00 Å². The van der Waals surface area contributed by atoms with Crippen molar-refractivity contribution in [2.24, 2.45) is 0 Å². The SMILES string of the molecule is COC(=O)c1c(C2CCCCC2)csc1N(I)C(=O)c1ccc(OC)c(OC)c1. The van der Waals surface area contributed by atoms with Gasteiger partial charge in [0.2, 0.25) is 0 Å². The van der Waals surface area contributed by atoms with E-state index in [0.717, 1.165) is 31.2 Å². The van der Waals surface area contributed by atoms with Crippen LogP contribution in [-0.4, -0.2) is 33.2 Å². The maximum Gasteiger partial charge on any atom is 0.341 e. The molecular weight excluding hydrogens is 505 g/mol. The second kappa shape index (κ2) is 9.80. The lowest BCUT2D eigenvalue weighted by Gasteiger charge is -2.22. The molecule has 1 aromatic heterocycles. The number of benzene rings is 1. The van der Waals surface area contributed by atoms with Gasteiger partial charge >= 0.3 is 5.97 Å². The molecule has 3 rings (SSSR count). The second-order valence-electron chi connectivity index (χ2n) is 6.85. The van der Waals surface area contributed by atoms with Gasteiger partial charge in [-0.25, -0.2) is 7.91 Å². The molecule has 1 aromatic carbocycles. The molecule has 0 spiro atoms. The third-order valence-electron chi connectivity index (χ3n) is 5.22. The van der Waals surface area contributed by atoms with Crippen molar-refractivity contribution in [3.05, 3.63) is 40.3 Å².